The summed E-state index contributed by atoms with van der Waals surface area (Å²) < 4.78 is 2.17. The highest BCUT2D eigenvalue weighted by atomic mass is 79.9. The largest absolute Gasteiger partial charge is 0.370 e. The molecule has 0 unspecified atom stereocenters. The van der Waals surface area contributed by atoms with E-state index in [4.69, 9.17) is 0 Å². The molecule has 0 aliphatic heterocycles. The van der Waals surface area contributed by atoms with E-state index in [-0.39, 0.29) is 0 Å². The maximum Gasteiger partial charge on any atom is 0.0686 e. The Hall–Kier alpha value is -0.0900. The van der Waals surface area contributed by atoms with Crippen LogP contribution >= 0.6 is 31.9 Å². The Balaban J connectivity index is 2.65. The lowest BCUT2D eigenvalue weighted by Crippen LogP contribution is -2.26. The van der Waals surface area contributed by atoms with Crippen LogP contribution in [0.5, 0.6) is 0 Å². The van der Waals surface area contributed by atoms with Crippen LogP contribution in [-0.4, -0.2) is 18.1 Å². The van der Waals surface area contributed by atoms with Crippen LogP contribution in [0.3, 0.4) is 0 Å². The normalized spacial score (nSPS) is 10.9. The van der Waals surface area contributed by atoms with Gasteiger partial charge in [-0.2, -0.15) is 0 Å². The van der Waals surface area contributed by atoms with Crippen molar-refractivity contribution in [3.05, 3.63) is 21.3 Å². The predicted molar refractivity (Wildman–Crippen MR) is 100 cm³/mol. The van der Waals surface area contributed by atoms with Gasteiger partial charge in [-0.15, -0.1) is 0 Å². The van der Waals surface area contributed by atoms with Crippen LogP contribution < -0.4 is 4.90 Å². The fourth-order valence-electron chi connectivity index (χ4n) is 2.50. The molecule has 0 N–H and O–H groups in total. The summed E-state index contributed by atoms with van der Waals surface area (Å²) in [6.45, 7) is 6.79. The van der Waals surface area contributed by atoms with Gasteiger partial charge in [0.2, 0.25) is 0 Å². The van der Waals surface area contributed by atoms with Gasteiger partial charge in [-0.05, 0) is 44.7 Å². The highest BCUT2D eigenvalue weighted by molar-refractivity contribution is 9.11. The Morgan fingerprint density at radius 2 is 1.29 bits per heavy atom. The van der Waals surface area contributed by atoms with E-state index >= 15 is 0 Å². The second kappa shape index (κ2) is 11.5. The van der Waals surface area contributed by atoms with Gasteiger partial charge in [0.25, 0.3) is 0 Å². The molecule has 0 radical (unpaired) electrons. The lowest BCUT2D eigenvalue weighted by molar-refractivity contribution is 0.607. The number of halogens is 2. The number of pyridine rings is 1. The molecule has 120 valence electrons. The fraction of sp³-hybridized carbons (Fsp3) is 0.706. The molecular weight excluding hydrogens is 392 g/mol. The van der Waals surface area contributed by atoms with Crippen molar-refractivity contribution >= 4 is 37.5 Å². The quantitative estimate of drug-likeness (QED) is 0.377. The maximum atomic E-state index is 4.23. The monoisotopic (exact) mass is 418 g/mol. The van der Waals surface area contributed by atoms with Crippen molar-refractivity contribution in [1.29, 1.82) is 0 Å². The minimum atomic E-state index is 1.09. The molecule has 1 aromatic heterocycles. The smallest absolute Gasteiger partial charge is 0.0686 e. The first-order valence-electron chi connectivity index (χ1n) is 8.24. The molecule has 0 bridgehead atoms. The van der Waals surface area contributed by atoms with Crippen LogP contribution in [-0.2, 0) is 0 Å². The first-order chi connectivity index (χ1) is 10.2. The van der Waals surface area contributed by atoms with E-state index in [9.17, 15) is 0 Å². The number of hydrogen-bond donors (Lipinski definition) is 0. The van der Waals surface area contributed by atoms with E-state index in [0.717, 1.165) is 22.0 Å². The Morgan fingerprint density at radius 3 is 1.71 bits per heavy atom. The topological polar surface area (TPSA) is 16.1 Å². The molecular formula is C17H28Br2N2. The lowest BCUT2D eigenvalue weighted by Gasteiger charge is -2.27. The van der Waals surface area contributed by atoms with Crippen LogP contribution in [0.25, 0.3) is 0 Å². The molecule has 0 saturated heterocycles. The van der Waals surface area contributed by atoms with E-state index in [1.165, 1.54) is 57.1 Å². The molecule has 0 aliphatic carbocycles. The number of unbranched alkanes of at least 4 members (excludes halogenated alkanes) is 6. The average Bonchev–Trinajstić information content (AvgIpc) is 2.47. The van der Waals surface area contributed by atoms with Crippen molar-refractivity contribution in [2.45, 2.75) is 65.2 Å². The third-order valence-corrected chi connectivity index (χ3v) is 4.87. The third-order valence-electron chi connectivity index (χ3n) is 3.71. The molecule has 2 nitrogen and oxygen atoms in total. The molecule has 0 saturated carbocycles. The summed E-state index contributed by atoms with van der Waals surface area (Å²) in [6.07, 6.45) is 14.2. The molecule has 0 atom stereocenters. The molecule has 0 fully saturated rings. The minimum absolute atomic E-state index is 1.09. The summed E-state index contributed by atoms with van der Waals surface area (Å²) in [4.78, 5) is 6.74. The number of nitrogens with zero attached hydrogens (tertiary/aromatic N) is 2. The average molecular weight is 420 g/mol. The Labute approximate surface area is 147 Å². The first kappa shape index (κ1) is 19.0. The van der Waals surface area contributed by atoms with Gasteiger partial charge >= 0.3 is 0 Å². The third kappa shape index (κ3) is 7.14. The number of anilines is 1. The summed E-state index contributed by atoms with van der Waals surface area (Å²) in [5, 5.41) is 0. The summed E-state index contributed by atoms with van der Waals surface area (Å²) in [5.74, 6) is 0. The van der Waals surface area contributed by atoms with Gasteiger partial charge in [-0.25, -0.2) is 0 Å². The molecule has 0 aromatic carbocycles. The van der Waals surface area contributed by atoms with E-state index in [2.05, 4.69) is 55.6 Å². The lowest BCUT2D eigenvalue weighted by atomic mass is 10.1. The summed E-state index contributed by atoms with van der Waals surface area (Å²) in [6, 6.07) is 0. The second-order valence-electron chi connectivity index (χ2n) is 5.56. The summed E-state index contributed by atoms with van der Waals surface area (Å²) >= 11 is 7.32. The zero-order valence-corrected chi connectivity index (χ0v) is 16.5. The number of rotatable bonds is 11. The van der Waals surface area contributed by atoms with Crippen LogP contribution in [0.4, 0.5) is 5.69 Å². The molecule has 0 spiro atoms. The van der Waals surface area contributed by atoms with Crippen molar-refractivity contribution in [2.24, 2.45) is 0 Å². The Kier molecular flexibility index (Phi) is 10.4. The van der Waals surface area contributed by atoms with Gasteiger partial charge in [0.05, 0.1) is 14.6 Å². The van der Waals surface area contributed by atoms with Crippen molar-refractivity contribution in [1.82, 2.24) is 4.98 Å². The SMILES string of the molecule is CCCCCCN(CCCCCC)c1c(Br)cncc1Br. The molecule has 0 aliphatic rings. The maximum absolute atomic E-state index is 4.23. The van der Waals surface area contributed by atoms with Crippen molar-refractivity contribution in [2.75, 3.05) is 18.0 Å². The van der Waals surface area contributed by atoms with Crippen LogP contribution in [0, 0.1) is 0 Å². The van der Waals surface area contributed by atoms with E-state index < -0.39 is 0 Å². The highest BCUT2D eigenvalue weighted by Gasteiger charge is 2.13. The van der Waals surface area contributed by atoms with Gasteiger partial charge in [-0.1, -0.05) is 52.4 Å². The molecule has 1 heterocycles. The molecule has 1 aromatic rings. The minimum Gasteiger partial charge on any atom is -0.370 e. The van der Waals surface area contributed by atoms with Crippen LogP contribution in [0.2, 0.25) is 0 Å². The highest BCUT2D eigenvalue weighted by Crippen LogP contribution is 2.33. The van der Waals surface area contributed by atoms with Crippen molar-refractivity contribution < 1.29 is 0 Å². The Morgan fingerprint density at radius 1 is 0.810 bits per heavy atom. The fourth-order valence-corrected chi connectivity index (χ4v) is 3.93. The predicted octanol–water partition coefficient (Wildman–Crippen LogP) is 6.57. The zero-order valence-electron chi connectivity index (χ0n) is 13.4. The molecule has 4 heteroatoms. The van der Waals surface area contributed by atoms with Crippen LogP contribution in [0.1, 0.15) is 65.2 Å². The number of aromatic nitrogens is 1. The first-order valence-corrected chi connectivity index (χ1v) is 9.83. The zero-order chi connectivity index (χ0) is 15.5. The van der Waals surface area contributed by atoms with Crippen molar-refractivity contribution in [3.63, 3.8) is 0 Å². The second-order valence-corrected chi connectivity index (χ2v) is 7.27. The summed E-state index contributed by atoms with van der Waals surface area (Å²) in [7, 11) is 0. The summed E-state index contributed by atoms with van der Waals surface area (Å²) in [5.41, 5.74) is 1.26. The van der Waals surface area contributed by atoms with Gasteiger partial charge in [0.1, 0.15) is 0 Å². The molecule has 1 rings (SSSR count). The van der Waals surface area contributed by atoms with Crippen LogP contribution in [0.15, 0.2) is 21.3 Å². The van der Waals surface area contributed by atoms with E-state index in [1.54, 1.807) is 0 Å². The van der Waals surface area contributed by atoms with E-state index in [0.29, 0.717) is 0 Å². The molecule has 0 amide bonds. The van der Waals surface area contributed by atoms with Gasteiger partial charge in [-0.3, -0.25) is 4.98 Å². The van der Waals surface area contributed by atoms with Gasteiger partial charge < -0.3 is 4.90 Å². The van der Waals surface area contributed by atoms with E-state index in [1.807, 2.05) is 12.4 Å². The molecule has 21 heavy (non-hydrogen) atoms. The van der Waals surface area contributed by atoms with Gasteiger partial charge in [0, 0.05) is 25.5 Å². The standard InChI is InChI=1S/C17H28Br2N2/c1-3-5-7-9-11-21(12-10-8-6-4-2)17-15(18)13-20-14-16(17)19/h13-14H,3-12H2,1-2H3. The van der Waals surface area contributed by atoms with Gasteiger partial charge in [0.15, 0.2) is 0 Å². The number of hydrogen-bond acceptors (Lipinski definition) is 2. The van der Waals surface area contributed by atoms with Crippen molar-refractivity contribution in [3.8, 4) is 0 Å². The Bertz CT molecular complexity index is 364.